The van der Waals surface area contributed by atoms with Crippen LogP contribution in [0.3, 0.4) is 0 Å². The van der Waals surface area contributed by atoms with Crippen LogP contribution in [0.2, 0.25) is 0 Å². The lowest BCUT2D eigenvalue weighted by Gasteiger charge is -2.20. The Kier molecular flexibility index (Phi) is 5.32. The lowest BCUT2D eigenvalue weighted by molar-refractivity contribution is -0.165. The summed E-state index contributed by atoms with van der Waals surface area (Å²) in [7, 11) is 0. The summed E-state index contributed by atoms with van der Waals surface area (Å²) in [6, 6.07) is 0. The Hall–Kier alpha value is -1.59. The van der Waals surface area contributed by atoms with E-state index in [1.54, 1.807) is 13.8 Å². The van der Waals surface area contributed by atoms with Crippen LogP contribution in [-0.4, -0.2) is 37.2 Å². The SMILES string of the molecule is CCC(C)(C)C(=O)OCCOC(=O)C1CCC(=O)O1. The Morgan fingerprint density at radius 3 is 2.47 bits per heavy atom. The summed E-state index contributed by atoms with van der Waals surface area (Å²) in [4.78, 5) is 33.9. The highest BCUT2D eigenvalue weighted by atomic mass is 16.6. The number of ether oxygens (including phenoxy) is 3. The summed E-state index contributed by atoms with van der Waals surface area (Å²) in [6.07, 6.45) is 0.443. The van der Waals surface area contributed by atoms with Crippen LogP contribution in [0, 0.1) is 5.41 Å². The van der Waals surface area contributed by atoms with Crippen LogP contribution in [0.1, 0.15) is 40.0 Å². The minimum Gasteiger partial charge on any atom is -0.462 e. The van der Waals surface area contributed by atoms with Gasteiger partial charge < -0.3 is 14.2 Å². The van der Waals surface area contributed by atoms with Crippen LogP contribution >= 0.6 is 0 Å². The highest BCUT2D eigenvalue weighted by Gasteiger charge is 2.31. The number of carbonyl (C=O) groups is 3. The highest BCUT2D eigenvalue weighted by Crippen LogP contribution is 2.21. The number of hydrogen-bond donors (Lipinski definition) is 0. The van der Waals surface area contributed by atoms with Crippen molar-refractivity contribution in [3.05, 3.63) is 0 Å². The Bertz CT molecular complexity index is 360. The maximum Gasteiger partial charge on any atom is 0.347 e. The van der Waals surface area contributed by atoms with Crippen molar-refractivity contribution < 1.29 is 28.6 Å². The van der Waals surface area contributed by atoms with Gasteiger partial charge >= 0.3 is 17.9 Å². The quantitative estimate of drug-likeness (QED) is 0.411. The first-order chi connectivity index (χ1) is 8.86. The number of cyclic esters (lactones) is 1. The van der Waals surface area contributed by atoms with Gasteiger partial charge in [-0.3, -0.25) is 9.59 Å². The molecule has 0 amide bonds. The minimum absolute atomic E-state index is 0.00860. The first-order valence-corrected chi connectivity index (χ1v) is 6.40. The second-order valence-corrected chi connectivity index (χ2v) is 5.06. The number of esters is 3. The van der Waals surface area contributed by atoms with Crippen LogP contribution in [-0.2, 0) is 28.6 Å². The predicted octanol–water partition coefficient (Wildman–Crippen LogP) is 1.21. The third-order valence-electron chi connectivity index (χ3n) is 3.14. The van der Waals surface area contributed by atoms with E-state index in [0.717, 1.165) is 0 Å². The van der Waals surface area contributed by atoms with Crippen LogP contribution < -0.4 is 0 Å². The monoisotopic (exact) mass is 272 g/mol. The van der Waals surface area contributed by atoms with E-state index >= 15 is 0 Å². The van der Waals surface area contributed by atoms with Crippen molar-refractivity contribution >= 4 is 17.9 Å². The predicted molar refractivity (Wildman–Crippen MR) is 65.1 cm³/mol. The molecule has 1 heterocycles. The Balaban J connectivity index is 2.19. The molecule has 0 aromatic heterocycles. The van der Waals surface area contributed by atoms with E-state index in [0.29, 0.717) is 12.8 Å². The van der Waals surface area contributed by atoms with Crippen molar-refractivity contribution in [2.24, 2.45) is 5.41 Å². The smallest absolute Gasteiger partial charge is 0.347 e. The normalized spacial score (nSPS) is 18.9. The van der Waals surface area contributed by atoms with E-state index < -0.39 is 23.5 Å². The average molecular weight is 272 g/mol. The molecule has 1 unspecified atom stereocenters. The molecule has 1 fully saturated rings. The molecule has 1 rings (SSSR count). The minimum atomic E-state index is -0.810. The molecule has 0 aromatic rings. The molecule has 1 aliphatic heterocycles. The average Bonchev–Trinajstić information content (AvgIpc) is 2.80. The third kappa shape index (κ3) is 4.54. The van der Waals surface area contributed by atoms with Gasteiger partial charge in [0.05, 0.1) is 5.41 Å². The molecule has 6 heteroatoms. The Morgan fingerprint density at radius 1 is 1.32 bits per heavy atom. The Morgan fingerprint density at radius 2 is 1.95 bits per heavy atom. The van der Waals surface area contributed by atoms with E-state index in [-0.39, 0.29) is 25.6 Å². The molecule has 0 radical (unpaired) electrons. The van der Waals surface area contributed by atoms with E-state index in [4.69, 9.17) is 14.2 Å². The van der Waals surface area contributed by atoms with Gasteiger partial charge in [-0.2, -0.15) is 0 Å². The van der Waals surface area contributed by atoms with E-state index in [1.807, 2.05) is 6.92 Å². The molecule has 0 spiro atoms. The largest absolute Gasteiger partial charge is 0.462 e. The van der Waals surface area contributed by atoms with Gasteiger partial charge in [-0.15, -0.1) is 0 Å². The maximum atomic E-state index is 11.6. The van der Waals surface area contributed by atoms with Gasteiger partial charge in [0.15, 0.2) is 6.10 Å². The van der Waals surface area contributed by atoms with Gasteiger partial charge in [0, 0.05) is 12.8 Å². The second kappa shape index (κ2) is 6.54. The summed E-state index contributed by atoms with van der Waals surface area (Å²) in [5.41, 5.74) is -0.537. The van der Waals surface area contributed by atoms with Crippen LogP contribution in [0.25, 0.3) is 0 Å². The molecule has 1 aliphatic rings. The number of hydrogen-bond acceptors (Lipinski definition) is 6. The molecular formula is C13H20O6. The number of rotatable bonds is 6. The molecule has 0 bridgehead atoms. The van der Waals surface area contributed by atoms with E-state index in [9.17, 15) is 14.4 Å². The van der Waals surface area contributed by atoms with Gasteiger partial charge in [0.2, 0.25) is 0 Å². The van der Waals surface area contributed by atoms with Gasteiger partial charge in [-0.1, -0.05) is 6.92 Å². The number of carbonyl (C=O) groups excluding carboxylic acids is 3. The maximum absolute atomic E-state index is 11.6. The van der Waals surface area contributed by atoms with Crippen LogP contribution in [0.5, 0.6) is 0 Å². The molecule has 0 aromatic carbocycles. The molecular weight excluding hydrogens is 252 g/mol. The fourth-order valence-corrected chi connectivity index (χ4v) is 1.40. The summed E-state index contributed by atoms with van der Waals surface area (Å²) in [5.74, 6) is -1.30. The highest BCUT2D eigenvalue weighted by molar-refractivity contribution is 5.82. The first kappa shape index (κ1) is 15.5. The Labute approximate surface area is 112 Å². The summed E-state index contributed by atoms with van der Waals surface area (Å²) < 4.78 is 14.6. The van der Waals surface area contributed by atoms with Gasteiger partial charge in [0.25, 0.3) is 0 Å². The lowest BCUT2D eigenvalue weighted by Crippen LogP contribution is -2.28. The van der Waals surface area contributed by atoms with Crippen molar-refractivity contribution in [2.45, 2.75) is 46.1 Å². The summed E-state index contributed by atoms with van der Waals surface area (Å²) in [6.45, 7) is 5.46. The zero-order valence-corrected chi connectivity index (χ0v) is 11.6. The topological polar surface area (TPSA) is 78.9 Å². The molecule has 0 N–H and O–H groups in total. The zero-order valence-electron chi connectivity index (χ0n) is 11.6. The van der Waals surface area contributed by atoms with E-state index in [1.165, 1.54) is 0 Å². The van der Waals surface area contributed by atoms with Gasteiger partial charge in [0.1, 0.15) is 13.2 Å². The van der Waals surface area contributed by atoms with Crippen LogP contribution in [0.4, 0.5) is 0 Å². The van der Waals surface area contributed by atoms with Crippen molar-refractivity contribution in [1.82, 2.24) is 0 Å². The van der Waals surface area contributed by atoms with Crippen molar-refractivity contribution in [3.63, 3.8) is 0 Å². The fourth-order valence-electron chi connectivity index (χ4n) is 1.40. The van der Waals surface area contributed by atoms with Crippen molar-refractivity contribution in [1.29, 1.82) is 0 Å². The molecule has 6 nitrogen and oxygen atoms in total. The van der Waals surface area contributed by atoms with Crippen molar-refractivity contribution in [3.8, 4) is 0 Å². The second-order valence-electron chi connectivity index (χ2n) is 5.06. The zero-order chi connectivity index (χ0) is 14.5. The third-order valence-corrected chi connectivity index (χ3v) is 3.14. The summed E-state index contributed by atoms with van der Waals surface area (Å²) >= 11 is 0. The van der Waals surface area contributed by atoms with Gasteiger partial charge in [-0.05, 0) is 20.3 Å². The standard InChI is InChI=1S/C13H20O6/c1-4-13(2,3)12(16)18-8-7-17-11(15)9-5-6-10(14)19-9/h9H,4-8H2,1-3H3. The fraction of sp³-hybridized carbons (Fsp3) is 0.769. The lowest BCUT2D eigenvalue weighted by atomic mass is 9.91. The molecule has 0 aliphatic carbocycles. The van der Waals surface area contributed by atoms with Crippen molar-refractivity contribution in [2.75, 3.05) is 13.2 Å². The van der Waals surface area contributed by atoms with Crippen LogP contribution in [0.15, 0.2) is 0 Å². The molecule has 1 saturated heterocycles. The molecule has 1 atom stereocenters. The van der Waals surface area contributed by atoms with Gasteiger partial charge in [-0.25, -0.2) is 4.79 Å². The first-order valence-electron chi connectivity index (χ1n) is 6.40. The van der Waals surface area contributed by atoms with E-state index in [2.05, 4.69) is 0 Å². The summed E-state index contributed by atoms with van der Waals surface area (Å²) in [5, 5.41) is 0. The molecule has 108 valence electrons. The molecule has 19 heavy (non-hydrogen) atoms. The molecule has 0 saturated carbocycles.